The molecule has 0 unspecified atom stereocenters. The SMILES string of the molecule is CCN(CC)S(=O)(=O)c1cccc(NC(=O)c2cccc3c(=O)c(C)c(-c4ccccc4)oc23)c1. The first kappa shape index (κ1) is 24.4. The molecule has 35 heavy (non-hydrogen) atoms. The van der Waals surface area contributed by atoms with Gasteiger partial charge in [-0.05, 0) is 37.3 Å². The van der Waals surface area contributed by atoms with Crippen LogP contribution in [0.5, 0.6) is 0 Å². The van der Waals surface area contributed by atoms with Gasteiger partial charge in [-0.1, -0.05) is 56.3 Å². The van der Waals surface area contributed by atoms with E-state index < -0.39 is 15.9 Å². The molecule has 0 spiro atoms. The standard InChI is InChI=1S/C27H26N2O5S/c1-4-29(5-2)35(32,33)21-14-9-13-20(17-21)28-27(31)23-16-10-15-22-24(30)18(3)25(34-26(22)23)19-11-7-6-8-12-19/h6-17H,4-5H2,1-3H3,(H,28,31). The van der Waals surface area contributed by atoms with Crippen LogP contribution in [0.2, 0.25) is 0 Å². The molecule has 0 saturated heterocycles. The van der Waals surface area contributed by atoms with Crippen LogP contribution in [-0.4, -0.2) is 31.7 Å². The summed E-state index contributed by atoms with van der Waals surface area (Å²) in [5.74, 6) is -0.116. The first-order chi connectivity index (χ1) is 16.8. The van der Waals surface area contributed by atoms with Gasteiger partial charge in [0.1, 0.15) is 5.76 Å². The third-order valence-electron chi connectivity index (χ3n) is 5.86. The Morgan fingerprint density at radius 2 is 1.63 bits per heavy atom. The van der Waals surface area contributed by atoms with Crippen LogP contribution >= 0.6 is 0 Å². The minimum Gasteiger partial charge on any atom is -0.455 e. The van der Waals surface area contributed by atoms with E-state index in [9.17, 15) is 18.0 Å². The molecule has 1 heterocycles. The molecule has 0 aliphatic heterocycles. The number of hydrogen-bond donors (Lipinski definition) is 1. The van der Waals surface area contributed by atoms with Crippen molar-refractivity contribution in [1.29, 1.82) is 0 Å². The van der Waals surface area contributed by atoms with E-state index in [4.69, 9.17) is 4.42 Å². The van der Waals surface area contributed by atoms with Gasteiger partial charge < -0.3 is 9.73 Å². The van der Waals surface area contributed by atoms with Crippen molar-refractivity contribution < 1.29 is 17.6 Å². The van der Waals surface area contributed by atoms with Crippen molar-refractivity contribution in [2.24, 2.45) is 0 Å². The second kappa shape index (κ2) is 9.85. The van der Waals surface area contributed by atoms with Crippen LogP contribution < -0.4 is 10.7 Å². The average molecular weight is 491 g/mol. The summed E-state index contributed by atoms with van der Waals surface area (Å²) in [6.07, 6.45) is 0. The fraction of sp³-hybridized carbons (Fsp3) is 0.185. The summed E-state index contributed by atoms with van der Waals surface area (Å²) >= 11 is 0. The molecule has 0 fully saturated rings. The number of hydrogen-bond acceptors (Lipinski definition) is 5. The highest BCUT2D eigenvalue weighted by Crippen LogP contribution is 2.28. The number of fused-ring (bicyclic) bond motifs is 1. The zero-order valence-corrected chi connectivity index (χ0v) is 20.6. The normalized spacial score (nSPS) is 11.7. The third kappa shape index (κ3) is 4.62. The van der Waals surface area contributed by atoms with Gasteiger partial charge in [-0.25, -0.2) is 8.42 Å². The maximum absolute atomic E-state index is 13.2. The number of nitrogens with zero attached hydrogens (tertiary/aromatic N) is 1. The lowest BCUT2D eigenvalue weighted by molar-refractivity contribution is 0.102. The lowest BCUT2D eigenvalue weighted by Crippen LogP contribution is -2.30. The quantitative estimate of drug-likeness (QED) is 0.391. The van der Waals surface area contributed by atoms with Gasteiger partial charge in [-0.2, -0.15) is 4.31 Å². The molecule has 0 bridgehead atoms. The molecule has 8 heteroatoms. The Morgan fingerprint density at radius 1 is 0.943 bits per heavy atom. The van der Waals surface area contributed by atoms with E-state index in [2.05, 4.69) is 5.32 Å². The van der Waals surface area contributed by atoms with Crippen molar-refractivity contribution >= 4 is 32.6 Å². The Bertz CT molecular complexity index is 1560. The molecule has 0 aliphatic carbocycles. The minimum atomic E-state index is -3.68. The van der Waals surface area contributed by atoms with Crippen LogP contribution in [0.25, 0.3) is 22.3 Å². The summed E-state index contributed by atoms with van der Waals surface area (Å²) in [5.41, 5.74) is 1.63. The highest BCUT2D eigenvalue weighted by atomic mass is 32.2. The Hall–Kier alpha value is -3.75. The molecule has 0 atom stereocenters. The van der Waals surface area contributed by atoms with E-state index in [1.807, 2.05) is 30.3 Å². The number of sulfonamides is 1. The molecule has 0 radical (unpaired) electrons. The number of rotatable bonds is 7. The number of anilines is 1. The first-order valence-corrected chi connectivity index (χ1v) is 12.7. The zero-order valence-electron chi connectivity index (χ0n) is 19.7. The van der Waals surface area contributed by atoms with Gasteiger partial charge >= 0.3 is 0 Å². The maximum Gasteiger partial charge on any atom is 0.259 e. The molecule has 0 saturated carbocycles. The number of amides is 1. The third-order valence-corrected chi connectivity index (χ3v) is 7.91. The van der Waals surface area contributed by atoms with Gasteiger partial charge in [-0.3, -0.25) is 9.59 Å². The van der Waals surface area contributed by atoms with Gasteiger partial charge in [0.25, 0.3) is 5.91 Å². The van der Waals surface area contributed by atoms with Crippen molar-refractivity contribution in [1.82, 2.24) is 4.31 Å². The molecule has 7 nitrogen and oxygen atoms in total. The summed E-state index contributed by atoms with van der Waals surface area (Å²) in [5, 5.41) is 3.05. The van der Waals surface area contributed by atoms with E-state index in [0.717, 1.165) is 5.56 Å². The Kier molecular flexibility index (Phi) is 6.86. The molecular formula is C27H26N2O5S. The van der Waals surface area contributed by atoms with Gasteiger partial charge in [0.15, 0.2) is 11.0 Å². The lowest BCUT2D eigenvalue weighted by atomic mass is 10.0. The Morgan fingerprint density at radius 3 is 2.31 bits per heavy atom. The molecule has 1 aromatic heterocycles. The van der Waals surface area contributed by atoms with Crippen LogP contribution in [-0.2, 0) is 10.0 Å². The highest BCUT2D eigenvalue weighted by Gasteiger charge is 2.23. The van der Waals surface area contributed by atoms with Crippen LogP contribution in [0.1, 0.15) is 29.8 Å². The zero-order chi connectivity index (χ0) is 25.2. The molecule has 3 aromatic carbocycles. The van der Waals surface area contributed by atoms with Crippen molar-refractivity contribution in [2.45, 2.75) is 25.7 Å². The molecule has 0 aliphatic rings. The number of nitrogens with one attached hydrogen (secondary N) is 1. The number of carbonyl (C=O) groups is 1. The van der Waals surface area contributed by atoms with Crippen molar-refractivity contribution in [3.63, 3.8) is 0 Å². The van der Waals surface area contributed by atoms with Crippen molar-refractivity contribution in [2.75, 3.05) is 18.4 Å². The molecule has 180 valence electrons. The summed E-state index contributed by atoms with van der Waals surface area (Å²) in [6, 6.07) is 20.1. The number of carbonyl (C=O) groups excluding carboxylic acids is 1. The number of para-hydroxylation sites is 1. The second-order valence-corrected chi connectivity index (χ2v) is 9.94. The Balaban J connectivity index is 1.75. The predicted molar refractivity (Wildman–Crippen MR) is 137 cm³/mol. The van der Waals surface area contributed by atoms with E-state index in [0.29, 0.717) is 35.5 Å². The van der Waals surface area contributed by atoms with Gasteiger partial charge in [-0.15, -0.1) is 0 Å². The van der Waals surface area contributed by atoms with Crippen LogP contribution in [0.15, 0.2) is 86.9 Å². The summed E-state index contributed by atoms with van der Waals surface area (Å²) in [7, 11) is -3.68. The predicted octanol–water partition coefficient (Wildman–Crippen LogP) is 5.05. The Labute approximate surface area is 204 Å². The van der Waals surface area contributed by atoms with Crippen LogP contribution in [0, 0.1) is 6.92 Å². The summed E-state index contributed by atoms with van der Waals surface area (Å²) < 4.78 is 33.2. The highest BCUT2D eigenvalue weighted by molar-refractivity contribution is 7.89. The lowest BCUT2D eigenvalue weighted by Gasteiger charge is -2.19. The molecule has 4 rings (SSSR count). The average Bonchev–Trinajstić information content (AvgIpc) is 2.87. The molecule has 4 aromatic rings. The molecule has 1 N–H and O–H groups in total. The van der Waals surface area contributed by atoms with E-state index >= 15 is 0 Å². The van der Waals surface area contributed by atoms with E-state index in [-0.39, 0.29) is 21.5 Å². The van der Waals surface area contributed by atoms with Crippen molar-refractivity contribution in [3.8, 4) is 11.3 Å². The van der Waals surface area contributed by atoms with Crippen molar-refractivity contribution in [3.05, 3.63) is 94.1 Å². The smallest absolute Gasteiger partial charge is 0.259 e. The number of benzene rings is 3. The van der Waals surface area contributed by atoms with E-state index in [1.54, 1.807) is 51.1 Å². The van der Waals surface area contributed by atoms with Gasteiger partial charge in [0.2, 0.25) is 10.0 Å². The summed E-state index contributed by atoms with van der Waals surface area (Å²) in [6.45, 7) is 5.92. The van der Waals surface area contributed by atoms with E-state index in [1.165, 1.54) is 16.4 Å². The minimum absolute atomic E-state index is 0.0884. The molecular weight excluding hydrogens is 464 g/mol. The fourth-order valence-electron chi connectivity index (χ4n) is 4.00. The maximum atomic E-state index is 13.2. The first-order valence-electron chi connectivity index (χ1n) is 11.3. The molecule has 1 amide bonds. The fourth-order valence-corrected chi connectivity index (χ4v) is 5.50. The monoisotopic (exact) mass is 490 g/mol. The van der Waals surface area contributed by atoms with Gasteiger partial charge in [0.05, 0.1) is 15.8 Å². The summed E-state index contributed by atoms with van der Waals surface area (Å²) in [4.78, 5) is 26.4. The van der Waals surface area contributed by atoms with Crippen LogP contribution in [0.4, 0.5) is 5.69 Å². The second-order valence-electron chi connectivity index (χ2n) is 8.00. The topological polar surface area (TPSA) is 96.7 Å². The van der Waals surface area contributed by atoms with Gasteiger partial charge in [0, 0.05) is 29.9 Å². The van der Waals surface area contributed by atoms with Crippen LogP contribution in [0.3, 0.4) is 0 Å². The largest absolute Gasteiger partial charge is 0.455 e.